The van der Waals surface area contributed by atoms with Crippen molar-refractivity contribution in [1.29, 1.82) is 0 Å². The van der Waals surface area contributed by atoms with Gasteiger partial charge in [0.1, 0.15) is 6.04 Å². The Morgan fingerprint density at radius 2 is 2.27 bits per heavy atom. The van der Waals surface area contributed by atoms with Gasteiger partial charge in [0.15, 0.2) is 0 Å². The molecule has 4 atom stereocenters. The number of likely N-dealkylation sites (tertiary alicyclic amines) is 1. The molecule has 4 heteroatoms. The fourth-order valence-electron chi connectivity index (χ4n) is 3.22. The Morgan fingerprint density at radius 3 is 2.87 bits per heavy atom. The molecule has 0 aromatic carbocycles. The number of hydrogen-bond donors (Lipinski definition) is 1. The first-order valence-electron chi connectivity index (χ1n) is 5.68. The van der Waals surface area contributed by atoms with Crippen LogP contribution in [-0.2, 0) is 9.53 Å². The number of thiol groups is 1. The van der Waals surface area contributed by atoms with Gasteiger partial charge in [0.25, 0.3) is 0 Å². The van der Waals surface area contributed by atoms with E-state index in [1.54, 1.807) is 0 Å². The highest BCUT2D eigenvalue weighted by atomic mass is 32.1. The SMILES string of the molecule is COC(=O)[C@@H]1C[C@@H]2CCC[C@@H]2N1C(C)S. The molecule has 1 unspecified atom stereocenters. The molecule has 86 valence electrons. The molecule has 0 aromatic heterocycles. The third kappa shape index (κ3) is 1.89. The Morgan fingerprint density at radius 1 is 1.53 bits per heavy atom. The van der Waals surface area contributed by atoms with Gasteiger partial charge in [-0.3, -0.25) is 9.69 Å². The second kappa shape index (κ2) is 4.34. The molecule has 0 bridgehead atoms. The van der Waals surface area contributed by atoms with Gasteiger partial charge in [0.05, 0.1) is 12.5 Å². The molecule has 2 rings (SSSR count). The van der Waals surface area contributed by atoms with Crippen LogP contribution in [0.15, 0.2) is 0 Å². The normalized spacial score (nSPS) is 37.7. The van der Waals surface area contributed by atoms with Crippen LogP contribution in [0.25, 0.3) is 0 Å². The maximum Gasteiger partial charge on any atom is 0.323 e. The number of hydrogen-bond acceptors (Lipinski definition) is 4. The van der Waals surface area contributed by atoms with Crippen molar-refractivity contribution in [1.82, 2.24) is 4.90 Å². The molecule has 0 N–H and O–H groups in total. The first kappa shape index (κ1) is 11.3. The number of fused-ring (bicyclic) bond motifs is 1. The van der Waals surface area contributed by atoms with Crippen LogP contribution in [0.4, 0.5) is 0 Å². The third-order valence-corrected chi connectivity index (χ3v) is 4.06. The number of carbonyl (C=O) groups is 1. The molecule has 0 spiro atoms. The van der Waals surface area contributed by atoms with E-state index in [9.17, 15) is 4.79 Å². The van der Waals surface area contributed by atoms with E-state index in [1.807, 2.05) is 6.92 Å². The molecule has 3 nitrogen and oxygen atoms in total. The molecule has 0 aromatic rings. The molecule has 1 heterocycles. The van der Waals surface area contributed by atoms with Crippen LogP contribution < -0.4 is 0 Å². The second-order valence-corrected chi connectivity index (χ2v) is 5.36. The van der Waals surface area contributed by atoms with Crippen molar-refractivity contribution in [3.63, 3.8) is 0 Å². The van der Waals surface area contributed by atoms with Crippen LogP contribution in [0.2, 0.25) is 0 Å². The zero-order valence-electron chi connectivity index (χ0n) is 9.35. The lowest BCUT2D eigenvalue weighted by molar-refractivity contribution is -0.146. The molecular formula is C11H19NO2S. The minimum Gasteiger partial charge on any atom is -0.468 e. The summed E-state index contributed by atoms with van der Waals surface area (Å²) in [7, 11) is 1.47. The van der Waals surface area contributed by atoms with Crippen molar-refractivity contribution in [2.24, 2.45) is 5.92 Å². The first-order chi connectivity index (χ1) is 7.15. The van der Waals surface area contributed by atoms with E-state index < -0.39 is 0 Å². The smallest absolute Gasteiger partial charge is 0.323 e. The average Bonchev–Trinajstić information content (AvgIpc) is 2.73. The zero-order valence-corrected chi connectivity index (χ0v) is 10.2. The second-order valence-electron chi connectivity index (χ2n) is 4.61. The predicted octanol–water partition coefficient (Wildman–Crippen LogP) is 1.68. The van der Waals surface area contributed by atoms with Gasteiger partial charge in [-0.15, -0.1) is 0 Å². The minimum atomic E-state index is -0.0923. The van der Waals surface area contributed by atoms with Crippen molar-refractivity contribution >= 4 is 18.6 Å². The van der Waals surface area contributed by atoms with Gasteiger partial charge in [-0.1, -0.05) is 6.42 Å². The maximum atomic E-state index is 11.7. The van der Waals surface area contributed by atoms with Crippen LogP contribution >= 0.6 is 12.6 Å². The molecule has 1 aliphatic heterocycles. The van der Waals surface area contributed by atoms with Crippen LogP contribution in [0, 0.1) is 5.92 Å². The highest BCUT2D eigenvalue weighted by molar-refractivity contribution is 7.80. The van der Waals surface area contributed by atoms with E-state index >= 15 is 0 Å². The summed E-state index contributed by atoms with van der Waals surface area (Å²) in [6.45, 7) is 2.04. The molecule has 15 heavy (non-hydrogen) atoms. The van der Waals surface area contributed by atoms with Crippen LogP contribution in [0.5, 0.6) is 0 Å². The van der Waals surface area contributed by atoms with Gasteiger partial charge in [0.2, 0.25) is 0 Å². The number of carbonyl (C=O) groups excluding carboxylic acids is 1. The minimum absolute atomic E-state index is 0.0576. The molecule has 0 amide bonds. The van der Waals surface area contributed by atoms with Gasteiger partial charge in [-0.05, 0) is 32.1 Å². The highest BCUT2D eigenvalue weighted by Gasteiger charge is 2.47. The van der Waals surface area contributed by atoms with Crippen molar-refractivity contribution < 1.29 is 9.53 Å². The number of ether oxygens (including phenoxy) is 1. The van der Waals surface area contributed by atoms with E-state index in [1.165, 1.54) is 26.4 Å². The standard InChI is InChI=1S/C11H19NO2S/c1-7(15)12-9-5-3-4-8(9)6-10(12)11(13)14-2/h7-10,15H,3-6H2,1-2H3/t7?,8-,9-,10-/m0/s1. The summed E-state index contributed by atoms with van der Waals surface area (Å²) in [5.74, 6) is 0.592. The van der Waals surface area contributed by atoms with Crippen molar-refractivity contribution in [2.45, 2.75) is 50.1 Å². The van der Waals surface area contributed by atoms with Crippen LogP contribution in [0.3, 0.4) is 0 Å². The number of methoxy groups -OCH3 is 1. The lowest BCUT2D eigenvalue weighted by Gasteiger charge is -2.31. The molecular weight excluding hydrogens is 210 g/mol. The summed E-state index contributed by atoms with van der Waals surface area (Å²) in [4.78, 5) is 13.9. The topological polar surface area (TPSA) is 29.5 Å². The Labute approximate surface area is 96.6 Å². The van der Waals surface area contributed by atoms with Crippen molar-refractivity contribution in [2.75, 3.05) is 7.11 Å². The Kier molecular flexibility index (Phi) is 3.26. The van der Waals surface area contributed by atoms with Crippen molar-refractivity contribution in [3.05, 3.63) is 0 Å². The summed E-state index contributed by atoms with van der Waals surface area (Å²) < 4.78 is 4.87. The van der Waals surface area contributed by atoms with Gasteiger partial charge in [-0.2, -0.15) is 12.6 Å². The molecule has 2 aliphatic rings. The van der Waals surface area contributed by atoms with Crippen LogP contribution in [-0.4, -0.2) is 35.4 Å². The first-order valence-corrected chi connectivity index (χ1v) is 6.20. The Balaban J connectivity index is 2.15. The van der Waals surface area contributed by atoms with E-state index in [2.05, 4.69) is 17.5 Å². The fourth-order valence-corrected chi connectivity index (χ4v) is 3.55. The van der Waals surface area contributed by atoms with Gasteiger partial charge >= 0.3 is 5.97 Å². The van der Waals surface area contributed by atoms with Gasteiger partial charge in [0, 0.05) is 6.04 Å². The Hall–Kier alpha value is -0.220. The number of esters is 1. The molecule has 1 saturated heterocycles. The molecule has 1 aliphatic carbocycles. The lowest BCUT2D eigenvalue weighted by Crippen LogP contribution is -2.44. The quantitative estimate of drug-likeness (QED) is 0.577. The van der Waals surface area contributed by atoms with E-state index in [-0.39, 0.29) is 17.4 Å². The van der Waals surface area contributed by atoms with Crippen molar-refractivity contribution in [3.8, 4) is 0 Å². The maximum absolute atomic E-state index is 11.7. The Bertz CT molecular complexity index is 257. The molecule has 2 fully saturated rings. The van der Waals surface area contributed by atoms with Crippen LogP contribution in [0.1, 0.15) is 32.6 Å². The summed E-state index contributed by atoms with van der Waals surface area (Å²) >= 11 is 4.49. The fraction of sp³-hybridized carbons (Fsp3) is 0.909. The zero-order chi connectivity index (χ0) is 11.0. The van der Waals surface area contributed by atoms with E-state index in [0.717, 1.165) is 6.42 Å². The largest absolute Gasteiger partial charge is 0.468 e. The number of rotatable bonds is 2. The lowest BCUT2D eigenvalue weighted by atomic mass is 10.0. The van der Waals surface area contributed by atoms with E-state index in [4.69, 9.17) is 4.74 Å². The van der Waals surface area contributed by atoms with E-state index in [0.29, 0.717) is 12.0 Å². The van der Waals surface area contributed by atoms with Gasteiger partial charge < -0.3 is 4.74 Å². The monoisotopic (exact) mass is 229 g/mol. The summed E-state index contributed by atoms with van der Waals surface area (Å²) in [5.41, 5.74) is 0. The predicted molar refractivity (Wildman–Crippen MR) is 61.8 cm³/mol. The average molecular weight is 229 g/mol. The molecule has 0 radical (unpaired) electrons. The number of nitrogens with zero attached hydrogens (tertiary/aromatic N) is 1. The third-order valence-electron chi connectivity index (χ3n) is 3.79. The van der Waals surface area contributed by atoms with Gasteiger partial charge in [-0.25, -0.2) is 0 Å². The highest BCUT2D eigenvalue weighted by Crippen LogP contribution is 2.42. The summed E-state index contributed by atoms with van der Waals surface area (Å²) in [6, 6.07) is 0.499. The summed E-state index contributed by atoms with van der Waals surface area (Å²) in [5, 5.41) is 0.141. The summed E-state index contributed by atoms with van der Waals surface area (Å²) in [6.07, 6.45) is 4.72. The molecule has 1 saturated carbocycles.